The lowest BCUT2D eigenvalue weighted by molar-refractivity contribution is -0.996. The second kappa shape index (κ2) is 8.86. The molecule has 2 aromatic rings. The van der Waals surface area contributed by atoms with Crippen LogP contribution < -0.4 is 21.3 Å². The van der Waals surface area contributed by atoms with Crippen LogP contribution in [0.4, 0.5) is 17.1 Å². The third kappa shape index (κ3) is 5.32. The fourth-order valence-electron chi connectivity index (χ4n) is 2.03. The van der Waals surface area contributed by atoms with Crippen LogP contribution in [0, 0.1) is 10.4 Å². The molecule has 142 valence electrons. The van der Waals surface area contributed by atoms with Gasteiger partial charge in [-0.1, -0.05) is 30.3 Å². The number of hydrazine groups is 1. The number of hydrogen-bond donors (Lipinski definition) is 7. The molecule has 2 aromatic carbocycles. The molecule has 2 atom stereocenters. The summed E-state index contributed by atoms with van der Waals surface area (Å²) in [6.07, 6.45) is 0.720. The Balaban J connectivity index is 2.08. The Labute approximate surface area is 152 Å². The monoisotopic (exact) mass is 376 g/mol. The quantitative estimate of drug-likeness (QED) is 0.141. The summed E-state index contributed by atoms with van der Waals surface area (Å²) in [6.45, 7) is 0. The summed E-state index contributed by atoms with van der Waals surface area (Å²) < 4.78 is 0. The van der Waals surface area contributed by atoms with Gasteiger partial charge in [0.25, 0.3) is 0 Å². The van der Waals surface area contributed by atoms with Gasteiger partial charge in [-0.15, -0.1) is 0 Å². The number of aliphatic hydroxyl groups is 1. The van der Waals surface area contributed by atoms with Gasteiger partial charge in [0, 0.05) is 17.7 Å². The third-order valence-electron chi connectivity index (χ3n) is 3.37. The van der Waals surface area contributed by atoms with Crippen LogP contribution in [0.5, 0.6) is 0 Å². The number of quaternary nitrogens is 2. The first-order chi connectivity index (χ1) is 12.8. The SMILES string of the molecule is O=C(/C=C(/O)c1ccccc1)C(=O)NNc1ccc([NH+]([O-])O)cc1[NH+]([O-])O. The lowest BCUT2D eigenvalue weighted by Gasteiger charge is -2.19. The van der Waals surface area contributed by atoms with Crippen LogP contribution in [-0.4, -0.2) is 27.2 Å². The maximum atomic E-state index is 11.8. The number of hydrogen-bond acceptors (Lipinski definition) is 8. The van der Waals surface area contributed by atoms with E-state index in [1.54, 1.807) is 30.3 Å². The van der Waals surface area contributed by atoms with Crippen molar-refractivity contribution in [3.05, 3.63) is 70.6 Å². The number of aliphatic hydroxyl groups excluding tert-OH is 1. The zero-order valence-electron chi connectivity index (χ0n) is 13.7. The van der Waals surface area contributed by atoms with Gasteiger partial charge in [-0.2, -0.15) is 10.5 Å². The van der Waals surface area contributed by atoms with Crippen molar-refractivity contribution in [3.63, 3.8) is 0 Å². The van der Waals surface area contributed by atoms with Gasteiger partial charge < -0.3 is 15.5 Å². The molecular formula is C16H16N4O7. The molecule has 0 spiro atoms. The van der Waals surface area contributed by atoms with E-state index in [1.165, 1.54) is 0 Å². The molecule has 27 heavy (non-hydrogen) atoms. The molecule has 2 rings (SSSR count). The molecule has 2 unspecified atom stereocenters. The Morgan fingerprint density at radius 1 is 1.00 bits per heavy atom. The molecule has 0 aliphatic heterocycles. The first-order valence-corrected chi connectivity index (χ1v) is 7.46. The lowest BCUT2D eigenvalue weighted by Crippen LogP contribution is -3.00. The molecule has 0 aliphatic carbocycles. The standard InChI is InChI=1S/C16H16N4O7/c21-14(10-4-2-1-3-5-10)9-15(22)16(23)18-17-12-7-6-11(19(24)25)8-13(12)20(26)27/h1-9,17,19-21,24,26H,(H,18,23)/b14-9+. The van der Waals surface area contributed by atoms with E-state index in [4.69, 9.17) is 10.4 Å². The molecule has 1 amide bonds. The second-order valence-electron chi connectivity index (χ2n) is 5.21. The van der Waals surface area contributed by atoms with Gasteiger partial charge in [-0.25, -0.2) is 10.4 Å². The highest BCUT2D eigenvalue weighted by Crippen LogP contribution is 2.19. The molecule has 7 N–H and O–H groups in total. The zero-order valence-corrected chi connectivity index (χ0v) is 13.7. The minimum Gasteiger partial charge on any atom is -0.595 e. The van der Waals surface area contributed by atoms with E-state index in [2.05, 4.69) is 5.43 Å². The fraction of sp³-hybridized carbons (Fsp3) is 0. The van der Waals surface area contributed by atoms with Gasteiger partial charge in [-0.05, 0) is 6.07 Å². The van der Waals surface area contributed by atoms with E-state index in [0.29, 0.717) is 5.56 Å². The number of carbonyl (C=O) groups is 2. The lowest BCUT2D eigenvalue weighted by atomic mass is 10.1. The van der Waals surface area contributed by atoms with E-state index >= 15 is 0 Å². The average Bonchev–Trinajstić information content (AvgIpc) is 2.66. The molecule has 0 aromatic heterocycles. The summed E-state index contributed by atoms with van der Waals surface area (Å²) in [7, 11) is 0. The van der Waals surface area contributed by atoms with Crippen molar-refractivity contribution in [1.82, 2.24) is 5.43 Å². The predicted molar refractivity (Wildman–Crippen MR) is 91.8 cm³/mol. The van der Waals surface area contributed by atoms with E-state index in [9.17, 15) is 25.1 Å². The normalized spacial score (nSPS) is 13.6. The summed E-state index contributed by atoms with van der Waals surface area (Å²) in [6, 6.07) is 11.2. The molecule has 0 bridgehead atoms. The summed E-state index contributed by atoms with van der Waals surface area (Å²) in [5.74, 6) is -2.65. The van der Waals surface area contributed by atoms with Gasteiger partial charge in [0.15, 0.2) is 11.4 Å². The van der Waals surface area contributed by atoms with E-state index < -0.39 is 33.6 Å². The van der Waals surface area contributed by atoms with E-state index in [0.717, 1.165) is 24.3 Å². The zero-order chi connectivity index (χ0) is 20.0. The molecule has 0 fully saturated rings. The van der Waals surface area contributed by atoms with Crippen LogP contribution in [0.2, 0.25) is 0 Å². The van der Waals surface area contributed by atoms with Crippen molar-refractivity contribution in [3.8, 4) is 0 Å². The molecule has 0 radical (unpaired) electrons. The molecular weight excluding hydrogens is 360 g/mol. The van der Waals surface area contributed by atoms with E-state index in [-0.39, 0.29) is 11.4 Å². The molecule has 11 heteroatoms. The van der Waals surface area contributed by atoms with E-state index in [1.807, 2.05) is 5.43 Å². The van der Waals surface area contributed by atoms with Crippen LogP contribution >= 0.6 is 0 Å². The highest BCUT2D eigenvalue weighted by Gasteiger charge is 2.17. The van der Waals surface area contributed by atoms with Crippen molar-refractivity contribution >= 4 is 34.5 Å². The fourth-order valence-corrected chi connectivity index (χ4v) is 2.03. The summed E-state index contributed by atoms with van der Waals surface area (Å²) >= 11 is 0. The number of anilines is 1. The van der Waals surface area contributed by atoms with Crippen LogP contribution in [-0.2, 0) is 9.59 Å². The maximum absolute atomic E-state index is 11.8. The van der Waals surface area contributed by atoms with Gasteiger partial charge in [0.2, 0.25) is 5.78 Å². The number of carbonyl (C=O) groups excluding carboxylic acids is 2. The minimum atomic E-state index is -1.43. The van der Waals surface area contributed by atoms with Crippen LogP contribution in [0.1, 0.15) is 5.56 Å². The number of rotatable bonds is 7. The predicted octanol–water partition coefficient (Wildman–Crippen LogP) is -0.895. The van der Waals surface area contributed by atoms with Gasteiger partial charge in [-0.3, -0.25) is 20.4 Å². The van der Waals surface area contributed by atoms with Crippen molar-refractivity contribution < 1.29 is 35.6 Å². The highest BCUT2D eigenvalue weighted by molar-refractivity contribution is 6.41. The first kappa shape index (κ1) is 20.0. The highest BCUT2D eigenvalue weighted by atomic mass is 16.8. The van der Waals surface area contributed by atoms with Crippen molar-refractivity contribution in [2.45, 2.75) is 0 Å². The van der Waals surface area contributed by atoms with Crippen molar-refractivity contribution in [1.29, 1.82) is 0 Å². The Bertz CT molecular complexity index is 853. The Morgan fingerprint density at radius 3 is 2.26 bits per heavy atom. The number of ketones is 1. The molecule has 0 aliphatic rings. The molecule has 11 nitrogen and oxygen atoms in total. The van der Waals surface area contributed by atoms with Crippen LogP contribution in [0.3, 0.4) is 0 Å². The molecule has 0 heterocycles. The average molecular weight is 376 g/mol. The van der Waals surface area contributed by atoms with Gasteiger partial charge in [0.1, 0.15) is 11.4 Å². The second-order valence-corrected chi connectivity index (χ2v) is 5.21. The summed E-state index contributed by atoms with van der Waals surface area (Å²) in [5, 5.41) is 47.2. The van der Waals surface area contributed by atoms with Crippen molar-refractivity contribution in [2.75, 3.05) is 5.43 Å². The Hall–Kier alpha value is -3.32. The topological polar surface area (TPSA) is 174 Å². The molecule has 0 saturated carbocycles. The Kier molecular flexibility index (Phi) is 6.56. The summed E-state index contributed by atoms with van der Waals surface area (Å²) in [5.41, 5.74) is 3.80. The minimum absolute atomic E-state index is 0.120. The smallest absolute Gasteiger partial charge is 0.310 e. The first-order valence-electron chi connectivity index (χ1n) is 7.46. The number of benzene rings is 2. The number of nitrogens with one attached hydrogen (secondary N) is 4. The third-order valence-corrected chi connectivity index (χ3v) is 3.37. The van der Waals surface area contributed by atoms with Crippen LogP contribution in [0.15, 0.2) is 54.6 Å². The Morgan fingerprint density at radius 2 is 1.67 bits per heavy atom. The molecule has 0 saturated heterocycles. The number of amides is 1. The van der Waals surface area contributed by atoms with Gasteiger partial charge >= 0.3 is 5.91 Å². The largest absolute Gasteiger partial charge is 0.595 e. The van der Waals surface area contributed by atoms with Crippen LogP contribution in [0.25, 0.3) is 5.76 Å². The summed E-state index contributed by atoms with van der Waals surface area (Å²) in [4.78, 5) is 23.6. The maximum Gasteiger partial charge on any atom is 0.310 e. The van der Waals surface area contributed by atoms with Crippen molar-refractivity contribution in [2.24, 2.45) is 0 Å². The van der Waals surface area contributed by atoms with Gasteiger partial charge in [0.05, 0.1) is 6.07 Å².